The molecule has 3 rings (SSSR count). The monoisotopic (exact) mass is 399 g/mol. The lowest BCUT2D eigenvalue weighted by Crippen LogP contribution is -2.42. The van der Waals surface area contributed by atoms with Crippen LogP contribution in [0, 0.1) is 25.6 Å². The summed E-state index contributed by atoms with van der Waals surface area (Å²) >= 11 is 0. The van der Waals surface area contributed by atoms with Crippen LogP contribution in [-0.4, -0.2) is 34.5 Å². The molecule has 1 N–H and O–H groups in total. The van der Waals surface area contributed by atoms with Crippen molar-refractivity contribution in [3.8, 4) is 0 Å². The van der Waals surface area contributed by atoms with Crippen LogP contribution >= 0.6 is 0 Å². The van der Waals surface area contributed by atoms with Gasteiger partial charge in [-0.15, -0.1) is 0 Å². The summed E-state index contributed by atoms with van der Waals surface area (Å²) in [4.78, 5) is 27.3. The molecular formula is C22H26FN3O3. The number of anilines is 1. The maximum Gasteiger partial charge on any atom is 0.248 e. The molecule has 0 radical (unpaired) electrons. The minimum atomic E-state index is -0.556. The third-order valence-electron chi connectivity index (χ3n) is 5.11. The Morgan fingerprint density at radius 1 is 1.31 bits per heavy atom. The van der Waals surface area contributed by atoms with Crippen LogP contribution in [0.15, 0.2) is 34.9 Å². The third kappa shape index (κ3) is 4.72. The summed E-state index contributed by atoms with van der Waals surface area (Å²) in [5, 5.41) is 6.48. The first-order valence-corrected chi connectivity index (χ1v) is 9.79. The number of aryl methyl sites for hydroxylation is 2. The summed E-state index contributed by atoms with van der Waals surface area (Å²) in [6.45, 7) is 7.92. The Morgan fingerprint density at radius 2 is 2.07 bits per heavy atom. The van der Waals surface area contributed by atoms with Gasteiger partial charge < -0.3 is 14.7 Å². The molecule has 0 aliphatic carbocycles. The lowest BCUT2D eigenvalue weighted by molar-refractivity contribution is -0.132. The van der Waals surface area contributed by atoms with Gasteiger partial charge in [-0.05, 0) is 61.4 Å². The lowest BCUT2D eigenvalue weighted by atomic mass is 9.93. The van der Waals surface area contributed by atoms with Crippen molar-refractivity contribution in [1.82, 2.24) is 10.1 Å². The number of hydrogen-bond acceptors (Lipinski definition) is 4. The summed E-state index contributed by atoms with van der Waals surface area (Å²) in [7, 11) is 0. The van der Waals surface area contributed by atoms with Gasteiger partial charge in [0.1, 0.15) is 17.6 Å². The lowest BCUT2D eigenvalue weighted by Gasteiger charge is -2.23. The molecule has 0 saturated carbocycles. The van der Waals surface area contributed by atoms with Crippen molar-refractivity contribution in [1.29, 1.82) is 0 Å². The minimum absolute atomic E-state index is 0.0665. The first kappa shape index (κ1) is 20.8. The van der Waals surface area contributed by atoms with E-state index >= 15 is 0 Å². The Bertz CT molecular complexity index is 949. The standard InChI is InChI=1S/C22H26FN3O3/c1-13(2)17(16-7-8-18(23)14(3)10-16)12-21(27)26-9-5-6-19(26)22(28)24-20-11-15(4)29-25-20/h7-8,10-13,19H,5-6,9H2,1-4H3,(H,24,25,28)/b17-12+. The van der Waals surface area contributed by atoms with E-state index in [2.05, 4.69) is 10.5 Å². The SMILES string of the molecule is Cc1cc(NC(=O)C2CCCN2C(=O)/C=C(/c2ccc(F)c(C)c2)C(C)C)no1. The molecule has 1 aromatic carbocycles. The zero-order valence-electron chi connectivity index (χ0n) is 17.2. The van der Waals surface area contributed by atoms with Crippen LogP contribution < -0.4 is 5.32 Å². The summed E-state index contributed by atoms with van der Waals surface area (Å²) in [5.74, 6) is 0.232. The van der Waals surface area contributed by atoms with Crippen LogP contribution in [0.25, 0.3) is 5.57 Å². The summed E-state index contributed by atoms with van der Waals surface area (Å²) < 4.78 is 18.6. The van der Waals surface area contributed by atoms with Gasteiger partial charge in [0.15, 0.2) is 5.82 Å². The number of allylic oxidation sites excluding steroid dienone is 1. The van der Waals surface area contributed by atoms with Gasteiger partial charge in [0.05, 0.1) is 0 Å². The van der Waals surface area contributed by atoms with Crippen LogP contribution in [0.5, 0.6) is 0 Å². The Hall–Kier alpha value is -2.96. The number of likely N-dealkylation sites (tertiary alicyclic amines) is 1. The number of rotatable bonds is 5. The summed E-state index contributed by atoms with van der Waals surface area (Å²) in [5.41, 5.74) is 2.16. The highest BCUT2D eigenvalue weighted by Gasteiger charge is 2.34. The second-order valence-electron chi connectivity index (χ2n) is 7.72. The molecule has 2 amide bonds. The average molecular weight is 399 g/mol. The molecule has 0 spiro atoms. The molecule has 1 aliphatic heterocycles. The number of halogens is 1. The van der Waals surface area contributed by atoms with Crippen molar-refractivity contribution in [3.63, 3.8) is 0 Å². The van der Waals surface area contributed by atoms with E-state index in [1.807, 2.05) is 13.8 Å². The maximum atomic E-state index is 13.6. The van der Waals surface area contributed by atoms with Gasteiger partial charge in [-0.2, -0.15) is 0 Å². The molecule has 1 saturated heterocycles. The van der Waals surface area contributed by atoms with Gasteiger partial charge >= 0.3 is 0 Å². The molecule has 1 unspecified atom stereocenters. The van der Waals surface area contributed by atoms with Crippen LogP contribution in [0.2, 0.25) is 0 Å². The Balaban J connectivity index is 1.80. The van der Waals surface area contributed by atoms with Crippen LogP contribution in [0.1, 0.15) is 43.6 Å². The van der Waals surface area contributed by atoms with Crippen LogP contribution in [0.3, 0.4) is 0 Å². The van der Waals surface area contributed by atoms with E-state index in [0.29, 0.717) is 30.1 Å². The number of carbonyl (C=O) groups excluding carboxylic acids is 2. The van der Waals surface area contributed by atoms with Crippen molar-refractivity contribution >= 4 is 23.2 Å². The average Bonchev–Trinajstić information content (AvgIpc) is 3.31. The fourth-order valence-corrected chi connectivity index (χ4v) is 3.56. The summed E-state index contributed by atoms with van der Waals surface area (Å²) in [6, 6.07) is 5.92. The van der Waals surface area contributed by atoms with Crippen molar-refractivity contribution < 1.29 is 18.5 Å². The molecule has 7 heteroatoms. The van der Waals surface area contributed by atoms with Crippen LogP contribution in [-0.2, 0) is 9.59 Å². The Kier molecular flexibility index (Phi) is 6.15. The first-order chi connectivity index (χ1) is 13.8. The Labute approximate surface area is 169 Å². The summed E-state index contributed by atoms with van der Waals surface area (Å²) in [6.07, 6.45) is 2.92. The fourth-order valence-electron chi connectivity index (χ4n) is 3.56. The number of aromatic nitrogens is 1. The fraction of sp³-hybridized carbons (Fsp3) is 0.409. The molecular weight excluding hydrogens is 373 g/mol. The molecule has 1 fully saturated rings. The number of nitrogens with one attached hydrogen (secondary N) is 1. The second kappa shape index (κ2) is 8.59. The molecule has 1 aliphatic rings. The zero-order chi connectivity index (χ0) is 21.1. The third-order valence-corrected chi connectivity index (χ3v) is 5.11. The van der Waals surface area contributed by atoms with Crippen LogP contribution in [0.4, 0.5) is 10.2 Å². The van der Waals surface area contributed by atoms with E-state index in [9.17, 15) is 14.0 Å². The highest BCUT2D eigenvalue weighted by molar-refractivity contribution is 6.01. The molecule has 6 nitrogen and oxygen atoms in total. The van der Waals surface area contributed by atoms with Gasteiger partial charge in [0, 0.05) is 18.7 Å². The number of amides is 2. The Morgan fingerprint density at radius 3 is 2.69 bits per heavy atom. The number of hydrogen-bond donors (Lipinski definition) is 1. The molecule has 0 bridgehead atoms. The van der Waals surface area contributed by atoms with Gasteiger partial charge in [0.25, 0.3) is 0 Å². The van der Waals surface area contributed by atoms with Crippen molar-refractivity contribution in [3.05, 3.63) is 53.0 Å². The van der Waals surface area contributed by atoms with Gasteiger partial charge in [-0.3, -0.25) is 9.59 Å². The van der Waals surface area contributed by atoms with E-state index in [-0.39, 0.29) is 23.5 Å². The topological polar surface area (TPSA) is 75.4 Å². The van der Waals surface area contributed by atoms with E-state index in [0.717, 1.165) is 17.6 Å². The highest BCUT2D eigenvalue weighted by Crippen LogP contribution is 2.27. The normalized spacial score (nSPS) is 17.1. The van der Waals surface area contributed by atoms with Crippen molar-refractivity contribution in [2.24, 2.45) is 5.92 Å². The molecule has 2 aromatic rings. The number of nitrogens with zero attached hydrogens (tertiary/aromatic N) is 2. The molecule has 2 heterocycles. The van der Waals surface area contributed by atoms with E-state index in [1.54, 1.807) is 43.0 Å². The molecule has 1 atom stereocenters. The zero-order valence-corrected chi connectivity index (χ0v) is 17.2. The van der Waals surface area contributed by atoms with Crippen molar-refractivity contribution in [2.45, 2.75) is 46.6 Å². The minimum Gasteiger partial charge on any atom is -0.360 e. The predicted octanol–water partition coefficient (Wildman–Crippen LogP) is 4.10. The van der Waals surface area contributed by atoms with E-state index < -0.39 is 6.04 Å². The largest absolute Gasteiger partial charge is 0.360 e. The second-order valence-corrected chi connectivity index (χ2v) is 7.72. The quantitative estimate of drug-likeness (QED) is 0.768. The predicted molar refractivity (Wildman–Crippen MR) is 109 cm³/mol. The molecule has 1 aromatic heterocycles. The molecule has 154 valence electrons. The maximum absolute atomic E-state index is 13.6. The van der Waals surface area contributed by atoms with Gasteiger partial charge in [-0.25, -0.2) is 4.39 Å². The highest BCUT2D eigenvalue weighted by atomic mass is 19.1. The number of benzene rings is 1. The van der Waals surface area contributed by atoms with Gasteiger partial charge in [0.2, 0.25) is 11.8 Å². The van der Waals surface area contributed by atoms with E-state index in [4.69, 9.17) is 4.52 Å². The van der Waals surface area contributed by atoms with Gasteiger partial charge in [-0.1, -0.05) is 25.1 Å². The van der Waals surface area contributed by atoms with Crippen molar-refractivity contribution in [2.75, 3.05) is 11.9 Å². The first-order valence-electron chi connectivity index (χ1n) is 9.79. The molecule has 29 heavy (non-hydrogen) atoms. The van der Waals surface area contributed by atoms with E-state index in [1.165, 1.54) is 6.07 Å². The smallest absolute Gasteiger partial charge is 0.248 e. The number of carbonyl (C=O) groups is 2.